The Labute approximate surface area is 120 Å². The summed E-state index contributed by atoms with van der Waals surface area (Å²) in [6.07, 6.45) is 5.33. The highest BCUT2D eigenvalue weighted by Gasteiger charge is 2.28. The lowest BCUT2D eigenvalue weighted by molar-refractivity contribution is 0.0952. The Morgan fingerprint density at radius 3 is 2.65 bits per heavy atom. The van der Waals surface area contributed by atoms with E-state index in [1.807, 2.05) is 6.07 Å². The molecule has 5 heteroatoms. The van der Waals surface area contributed by atoms with E-state index in [0.29, 0.717) is 11.0 Å². The number of amides is 1. The summed E-state index contributed by atoms with van der Waals surface area (Å²) in [5.74, 6) is 4.79. The van der Waals surface area contributed by atoms with Crippen molar-refractivity contribution in [2.75, 3.05) is 13.1 Å². The number of likely N-dealkylation sites (tertiary alicyclic amines) is 1. The van der Waals surface area contributed by atoms with E-state index in [4.69, 9.17) is 5.84 Å². The fraction of sp³-hybridized carbons (Fsp3) is 0.600. The first-order valence-electron chi connectivity index (χ1n) is 7.24. The number of carbonyl (C=O) groups is 1. The monoisotopic (exact) mass is 276 g/mol. The summed E-state index contributed by atoms with van der Waals surface area (Å²) in [6, 6.07) is 3.67. The molecule has 0 atom stereocenters. The van der Waals surface area contributed by atoms with Crippen LogP contribution in [0.4, 0.5) is 0 Å². The molecule has 0 saturated carbocycles. The molecule has 1 amide bonds. The van der Waals surface area contributed by atoms with Crippen LogP contribution >= 0.6 is 0 Å². The number of hydrazine groups is 1. The summed E-state index contributed by atoms with van der Waals surface area (Å²) in [5.41, 5.74) is 4.11. The molecule has 1 saturated heterocycles. The molecule has 0 radical (unpaired) electrons. The molecule has 110 valence electrons. The van der Waals surface area contributed by atoms with Crippen molar-refractivity contribution < 1.29 is 4.79 Å². The van der Waals surface area contributed by atoms with Crippen LogP contribution in [-0.4, -0.2) is 28.9 Å². The van der Waals surface area contributed by atoms with Crippen molar-refractivity contribution in [3.05, 3.63) is 29.6 Å². The third-order valence-electron chi connectivity index (χ3n) is 4.52. The lowest BCUT2D eigenvalue weighted by atomic mass is 9.78. The molecule has 1 aliphatic rings. The second-order valence-corrected chi connectivity index (χ2v) is 5.95. The van der Waals surface area contributed by atoms with Crippen LogP contribution in [0.25, 0.3) is 0 Å². The topological polar surface area (TPSA) is 71.2 Å². The zero-order valence-electron chi connectivity index (χ0n) is 12.4. The second-order valence-electron chi connectivity index (χ2n) is 5.95. The number of nitrogen functional groups attached to an aromatic ring is 1. The number of piperidine rings is 1. The number of pyridine rings is 1. The molecule has 1 aromatic rings. The minimum atomic E-state index is -0.305. The van der Waals surface area contributed by atoms with Crippen molar-refractivity contribution in [3.63, 3.8) is 0 Å². The lowest BCUT2D eigenvalue weighted by Crippen LogP contribution is -2.38. The average molecular weight is 276 g/mol. The molecule has 0 aliphatic carbocycles. The molecule has 0 unspecified atom stereocenters. The van der Waals surface area contributed by atoms with E-state index in [1.165, 1.54) is 19.3 Å². The van der Waals surface area contributed by atoms with Gasteiger partial charge in [-0.2, -0.15) is 0 Å². The third kappa shape index (κ3) is 3.55. The standard InChI is InChI=1S/C15H24N4O/c1-3-15(2)6-8-19(9-7-15)11-13-5-4-12(10-17-13)14(20)18-16/h4-5,10H,3,6-9,11,16H2,1-2H3,(H,18,20). The lowest BCUT2D eigenvalue weighted by Gasteiger charge is -2.38. The van der Waals surface area contributed by atoms with Crippen molar-refractivity contribution >= 4 is 5.91 Å². The summed E-state index contributed by atoms with van der Waals surface area (Å²) in [7, 11) is 0. The number of nitrogens with one attached hydrogen (secondary N) is 1. The highest BCUT2D eigenvalue weighted by atomic mass is 16.2. The highest BCUT2D eigenvalue weighted by molar-refractivity contribution is 5.93. The van der Waals surface area contributed by atoms with Gasteiger partial charge in [-0.15, -0.1) is 0 Å². The molecule has 5 nitrogen and oxygen atoms in total. The Bertz CT molecular complexity index is 449. The van der Waals surface area contributed by atoms with Crippen LogP contribution in [0, 0.1) is 5.41 Å². The van der Waals surface area contributed by atoms with Crippen LogP contribution in [0.1, 0.15) is 49.2 Å². The summed E-state index contributed by atoms with van der Waals surface area (Å²) in [5, 5.41) is 0. The maximum Gasteiger partial charge on any atom is 0.266 e. The van der Waals surface area contributed by atoms with E-state index in [0.717, 1.165) is 25.3 Å². The molecular formula is C15H24N4O. The number of hydrogen-bond acceptors (Lipinski definition) is 4. The number of aromatic nitrogens is 1. The van der Waals surface area contributed by atoms with E-state index in [1.54, 1.807) is 12.3 Å². The van der Waals surface area contributed by atoms with Gasteiger partial charge >= 0.3 is 0 Å². The predicted molar refractivity (Wildman–Crippen MR) is 78.8 cm³/mol. The van der Waals surface area contributed by atoms with Gasteiger partial charge in [-0.1, -0.05) is 20.3 Å². The Morgan fingerprint density at radius 1 is 1.45 bits per heavy atom. The third-order valence-corrected chi connectivity index (χ3v) is 4.52. The fourth-order valence-electron chi connectivity index (χ4n) is 2.57. The van der Waals surface area contributed by atoms with Gasteiger partial charge in [-0.25, -0.2) is 5.84 Å². The van der Waals surface area contributed by atoms with E-state index in [9.17, 15) is 4.79 Å². The highest BCUT2D eigenvalue weighted by Crippen LogP contribution is 2.34. The molecule has 0 spiro atoms. The van der Waals surface area contributed by atoms with Crippen LogP contribution in [-0.2, 0) is 6.54 Å². The maximum atomic E-state index is 11.3. The molecule has 1 aliphatic heterocycles. The van der Waals surface area contributed by atoms with Crippen LogP contribution in [0.15, 0.2) is 18.3 Å². The van der Waals surface area contributed by atoms with Crippen molar-refractivity contribution in [1.82, 2.24) is 15.3 Å². The van der Waals surface area contributed by atoms with Crippen LogP contribution in [0.2, 0.25) is 0 Å². The second kappa shape index (κ2) is 6.33. The Kier molecular flexibility index (Phi) is 4.73. The molecule has 0 aromatic carbocycles. The number of nitrogens with two attached hydrogens (primary N) is 1. The van der Waals surface area contributed by atoms with Gasteiger partial charge in [0.2, 0.25) is 0 Å². The summed E-state index contributed by atoms with van der Waals surface area (Å²) >= 11 is 0. The summed E-state index contributed by atoms with van der Waals surface area (Å²) in [6.45, 7) is 7.75. The molecule has 2 rings (SSSR count). The van der Waals surface area contributed by atoms with E-state index in [2.05, 4.69) is 29.2 Å². The van der Waals surface area contributed by atoms with Crippen LogP contribution < -0.4 is 11.3 Å². The number of rotatable bonds is 4. The van der Waals surface area contributed by atoms with Gasteiger partial charge in [-0.3, -0.25) is 20.1 Å². The first kappa shape index (κ1) is 14.9. The Hall–Kier alpha value is -1.46. The van der Waals surface area contributed by atoms with Crippen molar-refractivity contribution in [2.24, 2.45) is 11.3 Å². The molecule has 20 heavy (non-hydrogen) atoms. The van der Waals surface area contributed by atoms with Crippen LogP contribution in [0.5, 0.6) is 0 Å². The molecule has 1 fully saturated rings. The largest absolute Gasteiger partial charge is 0.297 e. The maximum absolute atomic E-state index is 11.3. The zero-order chi connectivity index (χ0) is 14.6. The van der Waals surface area contributed by atoms with Gasteiger partial charge in [0.15, 0.2) is 0 Å². The van der Waals surface area contributed by atoms with Crippen molar-refractivity contribution in [1.29, 1.82) is 0 Å². The molecule has 0 bridgehead atoms. The smallest absolute Gasteiger partial charge is 0.266 e. The van der Waals surface area contributed by atoms with Crippen molar-refractivity contribution in [2.45, 2.75) is 39.7 Å². The quantitative estimate of drug-likeness (QED) is 0.499. The molecule has 1 aromatic heterocycles. The number of hydrogen-bond donors (Lipinski definition) is 2. The first-order valence-corrected chi connectivity index (χ1v) is 7.24. The average Bonchev–Trinajstić information content (AvgIpc) is 2.50. The zero-order valence-corrected chi connectivity index (χ0v) is 12.4. The summed E-state index contributed by atoms with van der Waals surface area (Å²) < 4.78 is 0. The first-order chi connectivity index (χ1) is 9.56. The van der Waals surface area contributed by atoms with Gasteiger partial charge in [0.05, 0.1) is 11.3 Å². The molecule has 2 heterocycles. The summed E-state index contributed by atoms with van der Waals surface area (Å²) in [4.78, 5) is 18.1. The molecular weight excluding hydrogens is 252 g/mol. The predicted octanol–water partition coefficient (Wildman–Crippen LogP) is 1.70. The Balaban J connectivity index is 1.90. The SMILES string of the molecule is CCC1(C)CCN(Cc2ccc(C(=O)NN)cn2)CC1. The van der Waals surface area contributed by atoms with Gasteiger partial charge in [-0.05, 0) is 43.5 Å². The van der Waals surface area contributed by atoms with Gasteiger partial charge in [0.25, 0.3) is 5.91 Å². The molecule has 3 N–H and O–H groups in total. The van der Waals surface area contributed by atoms with Crippen molar-refractivity contribution in [3.8, 4) is 0 Å². The van der Waals surface area contributed by atoms with Gasteiger partial charge in [0, 0.05) is 12.7 Å². The number of carbonyl (C=O) groups excluding carboxylic acids is 1. The van der Waals surface area contributed by atoms with Gasteiger partial charge in [0.1, 0.15) is 0 Å². The normalized spacial score (nSPS) is 18.8. The Morgan fingerprint density at radius 2 is 2.15 bits per heavy atom. The van der Waals surface area contributed by atoms with E-state index in [-0.39, 0.29) is 5.91 Å². The van der Waals surface area contributed by atoms with Crippen LogP contribution in [0.3, 0.4) is 0 Å². The number of nitrogens with zero attached hydrogens (tertiary/aromatic N) is 2. The van der Waals surface area contributed by atoms with E-state index < -0.39 is 0 Å². The minimum absolute atomic E-state index is 0.305. The van der Waals surface area contributed by atoms with Gasteiger partial charge < -0.3 is 0 Å². The van der Waals surface area contributed by atoms with E-state index >= 15 is 0 Å². The fourth-order valence-corrected chi connectivity index (χ4v) is 2.57. The minimum Gasteiger partial charge on any atom is -0.297 e.